The number of nitrogen functional groups attached to an aromatic ring is 1. The summed E-state index contributed by atoms with van der Waals surface area (Å²) in [6.07, 6.45) is 6.09. The van der Waals surface area contributed by atoms with Gasteiger partial charge in [-0.15, -0.1) is 0 Å². The van der Waals surface area contributed by atoms with E-state index in [2.05, 4.69) is 56.0 Å². The van der Waals surface area contributed by atoms with E-state index >= 15 is 0 Å². The van der Waals surface area contributed by atoms with Gasteiger partial charge in [0.1, 0.15) is 0 Å². The van der Waals surface area contributed by atoms with Gasteiger partial charge in [0.2, 0.25) is 0 Å². The number of hydrogen-bond acceptors (Lipinski definition) is 4. The third-order valence-electron chi connectivity index (χ3n) is 7.65. The molecule has 2 aliphatic carbocycles. The standard InChI is InChI=1S/C22H22N6/c23-22-13-8-12(3-4-15(13)27-28-22)21-19-11-2-1-10(7-11)18(19)20-14-9-24-26-16(14)5-6-17(20)25-21/h3-6,8-11,18-19,21,25H,1-2,7H2,(H,24,26)(H3,23,27,28)/t10-,11+,18+,19-,21+/m1/s1. The van der Waals surface area contributed by atoms with Crippen LogP contribution in [0.1, 0.15) is 42.3 Å². The van der Waals surface area contributed by atoms with Crippen molar-refractivity contribution in [1.29, 1.82) is 0 Å². The summed E-state index contributed by atoms with van der Waals surface area (Å²) in [7, 11) is 0. The van der Waals surface area contributed by atoms with E-state index in [0.717, 1.165) is 28.3 Å². The molecule has 4 aromatic rings. The predicted octanol–water partition coefficient (Wildman–Crippen LogP) is 4.32. The van der Waals surface area contributed by atoms with Crippen molar-refractivity contribution in [3.8, 4) is 0 Å². The van der Waals surface area contributed by atoms with Crippen LogP contribution in [0.2, 0.25) is 0 Å². The molecule has 0 spiro atoms. The number of aromatic nitrogens is 4. The lowest BCUT2D eigenvalue weighted by Crippen LogP contribution is -2.35. The van der Waals surface area contributed by atoms with E-state index in [9.17, 15) is 0 Å². The fourth-order valence-corrected chi connectivity index (χ4v) is 6.58. The summed E-state index contributed by atoms with van der Waals surface area (Å²) in [5.74, 6) is 3.40. The summed E-state index contributed by atoms with van der Waals surface area (Å²) in [6, 6.07) is 11.3. The van der Waals surface area contributed by atoms with E-state index in [1.54, 1.807) is 0 Å². The normalized spacial score (nSPS) is 30.5. The highest BCUT2D eigenvalue weighted by Crippen LogP contribution is 2.64. The van der Waals surface area contributed by atoms with Crippen LogP contribution in [0, 0.1) is 17.8 Å². The van der Waals surface area contributed by atoms with Crippen LogP contribution < -0.4 is 11.1 Å². The van der Waals surface area contributed by atoms with Gasteiger partial charge >= 0.3 is 0 Å². The molecule has 140 valence electrons. The molecular weight excluding hydrogens is 348 g/mol. The molecule has 3 heterocycles. The second-order valence-corrected chi connectivity index (χ2v) is 8.83. The van der Waals surface area contributed by atoms with E-state index in [1.165, 1.54) is 41.5 Å². The van der Waals surface area contributed by atoms with Crippen LogP contribution in [0.3, 0.4) is 0 Å². The Hall–Kier alpha value is -3.02. The molecule has 0 radical (unpaired) electrons. The first-order chi connectivity index (χ1) is 13.8. The van der Waals surface area contributed by atoms with Gasteiger partial charge in [-0.3, -0.25) is 10.2 Å². The molecule has 0 amide bonds. The highest BCUT2D eigenvalue weighted by Gasteiger charge is 2.54. The van der Waals surface area contributed by atoms with Crippen molar-refractivity contribution < 1.29 is 0 Å². The van der Waals surface area contributed by atoms with E-state index in [4.69, 9.17) is 5.73 Å². The quantitative estimate of drug-likeness (QED) is 0.401. The van der Waals surface area contributed by atoms with Gasteiger partial charge in [0.25, 0.3) is 0 Å². The average molecular weight is 370 g/mol. The summed E-state index contributed by atoms with van der Waals surface area (Å²) in [4.78, 5) is 0. The Morgan fingerprint density at radius 1 is 0.964 bits per heavy atom. The topological polar surface area (TPSA) is 95.4 Å². The summed E-state index contributed by atoms with van der Waals surface area (Å²) in [5, 5.41) is 20.9. The van der Waals surface area contributed by atoms with Crippen LogP contribution in [0.25, 0.3) is 21.8 Å². The first kappa shape index (κ1) is 15.0. The van der Waals surface area contributed by atoms with Crippen molar-refractivity contribution in [3.63, 3.8) is 0 Å². The molecule has 0 unspecified atom stereocenters. The summed E-state index contributed by atoms with van der Waals surface area (Å²) in [5.41, 5.74) is 12.3. The Bertz CT molecular complexity index is 1240. The zero-order valence-corrected chi connectivity index (χ0v) is 15.4. The first-order valence-electron chi connectivity index (χ1n) is 10.2. The van der Waals surface area contributed by atoms with Crippen LogP contribution in [-0.2, 0) is 0 Å². The van der Waals surface area contributed by atoms with Gasteiger partial charge < -0.3 is 11.1 Å². The summed E-state index contributed by atoms with van der Waals surface area (Å²) >= 11 is 0. The van der Waals surface area contributed by atoms with E-state index in [0.29, 0.717) is 23.7 Å². The molecule has 5 N–H and O–H groups in total. The molecule has 2 saturated carbocycles. The van der Waals surface area contributed by atoms with Crippen molar-refractivity contribution in [2.45, 2.75) is 31.2 Å². The molecule has 6 nitrogen and oxygen atoms in total. The second kappa shape index (κ2) is 5.07. The molecule has 7 rings (SSSR count). The number of nitrogens with one attached hydrogen (secondary N) is 3. The maximum Gasteiger partial charge on any atom is 0.153 e. The Morgan fingerprint density at radius 3 is 2.79 bits per heavy atom. The fraction of sp³-hybridized carbons (Fsp3) is 0.364. The maximum absolute atomic E-state index is 6.10. The molecule has 2 aromatic heterocycles. The summed E-state index contributed by atoms with van der Waals surface area (Å²) in [6.45, 7) is 0. The molecule has 2 fully saturated rings. The number of aromatic amines is 2. The van der Waals surface area contributed by atoms with Gasteiger partial charge in [0.15, 0.2) is 5.82 Å². The molecule has 6 heteroatoms. The van der Waals surface area contributed by atoms with Gasteiger partial charge in [-0.25, -0.2) is 0 Å². The maximum atomic E-state index is 6.10. The number of rotatable bonds is 1. The van der Waals surface area contributed by atoms with Gasteiger partial charge in [0, 0.05) is 16.5 Å². The minimum atomic E-state index is 0.316. The Kier molecular flexibility index (Phi) is 2.71. The lowest BCUT2D eigenvalue weighted by molar-refractivity contribution is 0.249. The van der Waals surface area contributed by atoms with E-state index in [-0.39, 0.29) is 0 Å². The Morgan fingerprint density at radius 2 is 1.82 bits per heavy atom. The molecule has 5 atom stereocenters. The number of fused-ring (bicyclic) bond motifs is 10. The zero-order valence-electron chi connectivity index (χ0n) is 15.4. The monoisotopic (exact) mass is 370 g/mol. The van der Waals surface area contributed by atoms with Crippen molar-refractivity contribution >= 4 is 33.3 Å². The van der Waals surface area contributed by atoms with Crippen LogP contribution >= 0.6 is 0 Å². The zero-order chi connectivity index (χ0) is 18.4. The van der Waals surface area contributed by atoms with Crippen molar-refractivity contribution in [2.24, 2.45) is 17.8 Å². The smallest absolute Gasteiger partial charge is 0.153 e. The highest BCUT2D eigenvalue weighted by atomic mass is 15.1. The van der Waals surface area contributed by atoms with E-state index < -0.39 is 0 Å². The first-order valence-corrected chi connectivity index (χ1v) is 10.2. The van der Waals surface area contributed by atoms with Crippen molar-refractivity contribution in [2.75, 3.05) is 11.1 Å². The van der Waals surface area contributed by atoms with Crippen LogP contribution in [0.5, 0.6) is 0 Å². The molecule has 0 saturated heterocycles. The summed E-state index contributed by atoms with van der Waals surface area (Å²) < 4.78 is 0. The third kappa shape index (κ3) is 1.78. The minimum absolute atomic E-state index is 0.316. The van der Waals surface area contributed by atoms with Crippen molar-refractivity contribution in [3.05, 3.63) is 47.7 Å². The third-order valence-corrected chi connectivity index (χ3v) is 7.65. The fourth-order valence-electron chi connectivity index (χ4n) is 6.58. The molecular formula is C22H22N6. The number of nitrogens with zero attached hydrogens (tertiary/aromatic N) is 2. The van der Waals surface area contributed by atoms with Gasteiger partial charge in [-0.1, -0.05) is 6.07 Å². The average Bonchev–Trinajstić information content (AvgIpc) is 3.51. The van der Waals surface area contributed by atoms with E-state index in [1.807, 2.05) is 6.20 Å². The minimum Gasteiger partial charge on any atom is -0.382 e. The SMILES string of the molecule is Nc1n[nH]c2ccc([C@@H]3Nc4ccc5[nH]ncc5c4[C@H]4[C@@H]5CC[C@@H](C5)[C@H]43)cc12. The van der Waals surface area contributed by atoms with Crippen LogP contribution in [0.15, 0.2) is 36.5 Å². The number of hydrogen-bond donors (Lipinski definition) is 4. The Balaban J connectivity index is 1.44. The highest BCUT2D eigenvalue weighted by molar-refractivity contribution is 5.90. The molecule has 3 aliphatic rings. The largest absolute Gasteiger partial charge is 0.382 e. The van der Waals surface area contributed by atoms with Crippen LogP contribution in [0.4, 0.5) is 11.5 Å². The lowest BCUT2D eigenvalue weighted by atomic mass is 9.67. The number of benzene rings is 2. The van der Waals surface area contributed by atoms with Crippen LogP contribution in [-0.4, -0.2) is 20.4 Å². The van der Waals surface area contributed by atoms with Gasteiger partial charge in [-0.2, -0.15) is 10.2 Å². The number of nitrogens with two attached hydrogens (primary N) is 1. The molecule has 1 aliphatic heterocycles. The second-order valence-electron chi connectivity index (χ2n) is 8.83. The molecule has 2 aromatic carbocycles. The van der Waals surface area contributed by atoms with Gasteiger partial charge in [-0.05, 0) is 78.3 Å². The predicted molar refractivity (Wildman–Crippen MR) is 110 cm³/mol. The molecule has 28 heavy (non-hydrogen) atoms. The van der Waals surface area contributed by atoms with Gasteiger partial charge in [0.05, 0.1) is 23.3 Å². The molecule has 2 bridgehead atoms. The lowest BCUT2D eigenvalue weighted by Gasteiger charge is -2.43. The number of H-pyrrole nitrogens is 2. The Labute approximate surface area is 161 Å². The van der Waals surface area contributed by atoms with Crippen molar-refractivity contribution in [1.82, 2.24) is 20.4 Å². The number of anilines is 2.